The van der Waals surface area contributed by atoms with Crippen LogP contribution in [0.25, 0.3) is 0 Å². The van der Waals surface area contributed by atoms with Crippen molar-refractivity contribution in [2.75, 3.05) is 7.05 Å². The molecular formula is C13H13Br2NS. The SMILES string of the molecule is CNC(c1ccc(Br)c(C)c1)c1cscc1Br. The van der Waals surface area contributed by atoms with Gasteiger partial charge in [-0.05, 0) is 58.0 Å². The third-order valence-electron chi connectivity index (χ3n) is 2.76. The molecule has 1 nitrogen and oxygen atoms in total. The molecule has 0 spiro atoms. The van der Waals surface area contributed by atoms with E-state index in [9.17, 15) is 0 Å². The van der Waals surface area contributed by atoms with Gasteiger partial charge in [0, 0.05) is 14.3 Å². The maximum Gasteiger partial charge on any atom is 0.0593 e. The average Bonchev–Trinajstić information content (AvgIpc) is 2.71. The quantitative estimate of drug-likeness (QED) is 0.806. The van der Waals surface area contributed by atoms with Crippen LogP contribution >= 0.6 is 43.2 Å². The first-order valence-corrected chi connectivity index (χ1v) is 7.81. The van der Waals surface area contributed by atoms with Crippen molar-refractivity contribution in [1.29, 1.82) is 0 Å². The number of halogens is 2. The van der Waals surface area contributed by atoms with E-state index in [-0.39, 0.29) is 6.04 Å². The number of hydrogen-bond acceptors (Lipinski definition) is 2. The maximum absolute atomic E-state index is 3.60. The lowest BCUT2D eigenvalue weighted by atomic mass is 10.00. The zero-order chi connectivity index (χ0) is 12.4. The normalized spacial score (nSPS) is 12.7. The largest absolute Gasteiger partial charge is 0.309 e. The fourth-order valence-corrected chi connectivity index (χ4v) is 3.65. The van der Waals surface area contributed by atoms with Crippen LogP contribution in [0.4, 0.5) is 0 Å². The Kier molecular flexibility index (Phi) is 4.42. The third-order valence-corrected chi connectivity index (χ3v) is 5.40. The predicted molar refractivity (Wildman–Crippen MR) is 81.8 cm³/mol. The molecule has 1 N–H and O–H groups in total. The van der Waals surface area contributed by atoms with E-state index in [2.05, 4.69) is 73.1 Å². The lowest BCUT2D eigenvalue weighted by Gasteiger charge is -2.17. The van der Waals surface area contributed by atoms with Crippen molar-refractivity contribution < 1.29 is 0 Å². The average molecular weight is 375 g/mol. The minimum atomic E-state index is 0.238. The van der Waals surface area contributed by atoms with E-state index >= 15 is 0 Å². The van der Waals surface area contributed by atoms with Gasteiger partial charge in [0.1, 0.15) is 0 Å². The van der Waals surface area contributed by atoms with Crippen LogP contribution in [0.3, 0.4) is 0 Å². The fourth-order valence-electron chi connectivity index (χ4n) is 1.85. The van der Waals surface area contributed by atoms with Gasteiger partial charge in [-0.3, -0.25) is 0 Å². The van der Waals surface area contributed by atoms with Gasteiger partial charge in [0.25, 0.3) is 0 Å². The molecule has 0 fully saturated rings. The highest BCUT2D eigenvalue weighted by Crippen LogP contribution is 2.32. The highest BCUT2D eigenvalue weighted by Gasteiger charge is 2.16. The lowest BCUT2D eigenvalue weighted by molar-refractivity contribution is 0.691. The predicted octanol–water partition coefficient (Wildman–Crippen LogP) is 4.89. The topological polar surface area (TPSA) is 12.0 Å². The van der Waals surface area contributed by atoms with Crippen LogP contribution in [-0.2, 0) is 0 Å². The maximum atomic E-state index is 3.60. The summed E-state index contributed by atoms with van der Waals surface area (Å²) in [5.41, 5.74) is 3.83. The van der Waals surface area contributed by atoms with E-state index in [0.717, 1.165) is 4.47 Å². The molecule has 0 aliphatic carbocycles. The van der Waals surface area contributed by atoms with Gasteiger partial charge in [0.2, 0.25) is 0 Å². The van der Waals surface area contributed by atoms with E-state index in [1.54, 1.807) is 11.3 Å². The number of aryl methyl sites for hydroxylation is 1. The molecule has 0 saturated heterocycles. The van der Waals surface area contributed by atoms with E-state index in [0.29, 0.717) is 0 Å². The van der Waals surface area contributed by atoms with Gasteiger partial charge in [-0.15, -0.1) is 0 Å². The van der Waals surface area contributed by atoms with Crippen molar-refractivity contribution in [2.45, 2.75) is 13.0 Å². The van der Waals surface area contributed by atoms with Crippen LogP contribution in [0.1, 0.15) is 22.7 Å². The van der Waals surface area contributed by atoms with Crippen molar-refractivity contribution in [1.82, 2.24) is 5.32 Å². The Bertz CT molecular complexity index is 522. The summed E-state index contributed by atoms with van der Waals surface area (Å²) in [4.78, 5) is 0. The highest BCUT2D eigenvalue weighted by atomic mass is 79.9. The van der Waals surface area contributed by atoms with Crippen molar-refractivity contribution in [3.8, 4) is 0 Å². The molecule has 2 aromatic rings. The molecule has 0 saturated carbocycles. The molecule has 0 amide bonds. The summed E-state index contributed by atoms with van der Waals surface area (Å²) in [6, 6.07) is 6.72. The lowest BCUT2D eigenvalue weighted by Crippen LogP contribution is -2.17. The summed E-state index contributed by atoms with van der Waals surface area (Å²) in [6.45, 7) is 2.11. The smallest absolute Gasteiger partial charge is 0.0593 e. The standard InChI is InChI=1S/C13H13Br2NS/c1-8-5-9(3-4-11(8)14)13(16-2)10-6-17-7-12(10)15/h3-7,13,16H,1-2H3. The summed E-state index contributed by atoms with van der Waals surface area (Å²) >= 11 is 8.85. The van der Waals surface area contributed by atoms with Gasteiger partial charge < -0.3 is 5.32 Å². The van der Waals surface area contributed by atoms with Gasteiger partial charge in [-0.25, -0.2) is 0 Å². The summed E-state index contributed by atoms with van der Waals surface area (Å²) in [5.74, 6) is 0. The molecular weight excluding hydrogens is 362 g/mol. The molecule has 0 bridgehead atoms. The first-order chi connectivity index (χ1) is 8.13. The minimum absolute atomic E-state index is 0.238. The monoisotopic (exact) mass is 373 g/mol. The van der Waals surface area contributed by atoms with Crippen LogP contribution in [0.2, 0.25) is 0 Å². The summed E-state index contributed by atoms with van der Waals surface area (Å²) in [7, 11) is 1.99. The van der Waals surface area contributed by atoms with E-state index in [4.69, 9.17) is 0 Å². The van der Waals surface area contributed by atoms with Crippen LogP contribution in [0.5, 0.6) is 0 Å². The molecule has 4 heteroatoms. The molecule has 0 aliphatic heterocycles. The molecule has 2 rings (SSSR count). The Morgan fingerprint density at radius 1 is 1.18 bits per heavy atom. The second kappa shape index (κ2) is 5.65. The van der Waals surface area contributed by atoms with E-state index in [1.165, 1.54) is 21.2 Å². The Morgan fingerprint density at radius 3 is 2.47 bits per heavy atom. The second-order valence-corrected chi connectivity index (χ2v) is 6.36. The van der Waals surface area contributed by atoms with Crippen molar-refractivity contribution in [3.63, 3.8) is 0 Å². The summed E-state index contributed by atoms with van der Waals surface area (Å²) in [6.07, 6.45) is 0. The number of nitrogens with one attached hydrogen (secondary N) is 1. The number of hydrogen-bond donors (Lipinski definition) is 1. The Labute approximate surface area is 123 Å². The van der Waals surface area contributed by atoms with Gasteiger partial charge >= 0.3 is 0 Å². The van der Waals surface area contributed by atoms with Crippen LogP contribution in [0.15, 0.2) is 37.9 Å². The Morgan fingerprint density at radius 2 is 1.94 bits per heavy atom. The molecule has 17 heavy (non-hydrogen) atoms. The number of rotatable bonds is 3. The van der Waals surface area contributed by atoms with Crippen molar-refractivity contribution in [3.05, 3.63) is 54.6 Å². The summed E-state index contributed by atoms with van der Waals surface area (Å²) in [5, 5.41) is 7.67. The number of benzene rings is 1. The summed E-state index contributed by atoms with van der Waals surface area (Å²) < 4.78 is 2.32. The number of thiophene rings is 1. The van der Waals surface area contributed by atoms with Crippen LogP contribution < -0.4 is 5.32 Å². The molecule has 1 atom stereocenters. The van der Waals surface area contributed by atoms with Gasteiger partial charge in [0.05, 0.1) is 6.04 Å². The Hall–Kier alpha value is -0.160. The molecule has 90 valence electrons. The molecule has 1 aromatic heterocycles. The van der Waals surface area contributed by atoms with Gasteiger partial charge in [-0.2, -0.15) is 11.3 Å². The minimum Gasteiger partial charge on any atom is -0.309 e. The van der Waals surface area contributed by atoms with E-state index < -0.39 is 0 Å². The zero-order valence-corrected chi connectivity index (χ0v) is 13.6. The molecule has 0 radical (unpaired) electrons. The van der Waals surface area contributed by atoms with Crippen LogP contribution in [-0.4, -0.2) is 7.05 Å². The van der Waals surface area contributed by atoms with Crippen LogP contribution in [0, 0.1) is 6.92 Å². The first-order valence-electron chi connectivity index (χ1n) is 5.28. The van der Waals surface area contributed by atoms with Gasteiger partial charge in [-0.1, -0.05) is 28.1 Å². The zero-order valence-electron chi connectivity index (χ0n) is 9.63. The fraction of sp³-hybridized carbons (Fsp3) is 0.231. The van der Waals surface area contributed by atoms with E-state index in [1.807, 2.05) is 7.05 Å². The van der Waals surface area contributed by atoms with Crippen molar-refractivity contribution >= 4 is 43.2 Å². The molecule has 0 aliphatic rings. The molecule has 1 heterocycles. The molecule has 1 aromatic carbocycles. The van der Waals surface area contributed by atoms with Crippen molar-refractivity contribution in [2.24, 2.45) is 0 Å². The highest BCUT2D eigenvalue weighted by molar-refractivity contribution is 9.10. The molecule has 1 unspecified atom stereocenters. The first kappa shape index (κ1) is 13.3. The van der Waals surface area contributed by atoms with Gasteiger partial charge in [0.15, 0.2) is 0 Å². The Balaban J connectivity index is 2.42. The third kappa shape index (κ3) is 2.81. The second-order valence-electron chi connectivity index (χ2n) is 3.91.